The highest BCUT2D eigenvalue weighted by molar-refractivity contribution is 6.22. The maximum atomic E-state index is 13.9. The lowest BCUT2D eigenvalue weighted by molar-refractivity contribution is 0.103. The van der Waals surface area contributed by atoms with E-state index in [1.54, 1.807) is 6.07 Å². The number of carbonyl (C=O) groups excluding carboxylic acids is 2. The first kappa shape index (κ1) is 25.7. The summed E-state index contributed by atoms with van der Waals surface area (Å²) in [5.41, 5.74) is 10.9. The highest BCUT2D eigenvalue weighted by Crippen LogP contribution is 2.49. The van der Waals surface area contributed by atoms with Crippen LogP contribution in [-0.2, 0) is 0 Å². The molecule has 2 aromatic carbocycles. The summed E-state index contributed by atoms with van der Waals surface area (Å²) in [7, 11) is 2.05. The minimum absolute atomic E-state index is 0.139. The van der Waals surface area contributed by atoms with E-state index in [0.717, 1.165) is 50.4 Å². The van der Waals surface area contributed by atoms with Crippen molar-refractivity contribution < 1.29 is 9.59 Å². The zero-order chi connectivity index (χ0) is 27.3. The minimum atomic E-state index is -0.599. The van der Waals surface area contributed by atoms with Gasteiger partial charge in [0.05, 0.1) is 16.8 Å². The Bertz CT molecular complexity index is 1340. The molecular formula is C29H36N8O2. The molecule has 2 fully saturated rings. The SMILES string of the molecule is CC(C)N1CCN(c2ccc(C3=C4C(=O)c5c(cccc5N(C(N)=O)N5CCN(C)CC5)C4N=N3)cc2)CC1. The molecule has 1 atom stereocenters. The second-order valence-electron chi connectivity index (χ2n) is 11.0. The highest BCUT2D eigenvalue weighted by atomic mass is 16.2. The van der Waals surface area contributed by atoms with Gasteiger partial charge in [-0.05, 0) is 44.7 Å². The van der Waals surface area contributed by atoms with Crippen LogP contribution in [0, 0.1) is 0 Å². The van der Waals surface area contributed by atoms with Gasteiger partial charge in [-0.3, -0.25) is 9.69 Å². The van der Waals surface area contributed by atoms with Gasteiger partial charge in [-0.25, -0.2) is 14.8 Å². The fourth-order valence-electron chi connectivity index (χ4n) is 6.10. The van der Waals surface area contributed by atoms with Crippen molar-refractivity contribution in [1.82, 2.24) is 14.8 Å². The van der Waals surface area contributed by atoms with Gasteiger partial charge in [0.25, 0.3) is 0 Å². The Morgan fingerprint density at radius 2 is 1.67 bits per heavy atom. The van der Waals surface area contributed by atoms with Crippen LogP contribution in [0.15, 0.2) is 58.3 Å². The van der Waals surface area contributed by atoms with Gasteiger partial charge in [-0.2, -0.15) is 10.2 Å². The van der Waals surface area contributed by atoms with Crippen LogP contribution in [0.1, 0.15) is 41.4 Å². The number of ketones is 1. The number of nitrogens with two attached hydrogens (primary N) is 1. The van der Waals surface area contributed by atoms with Crippen LogP contribution < -0.4 is 15.6 Å². The largest absolute Gasteiger partial charge is 0.369 e. The molecule has 3 heterocycles. The third-order valence-electron chi connectivity index (χ3n) is 8.39. The molecule has 0 spiro atoms. The smallest absolute Gasteiger partial charge is 0.334 e. The molecule has 2 amide bonds. The van der Waals surface area contributed by atoms with Crippen LogP contribution in [0.25, 0.3) is 5.70 Å². The van der Waals surface area contributed by atoms with Crippen molar-refractivity contribution in [3.8, 4) is 0 Å². The predicted octanol–water partition coefficient (Wildman–Crippen LogP) is 3.38. The van der Waals surface area contributed by atoms with Crippen molar-refractivity contribution in [2.75, 3.05) is 69.3 Å². The average Bonchev–Trinajstić information content (AvgIpc) is 3.50. The van der Waals surface area contributed by atoms with Gasteiger partial charge >= 0.3 is 6.03 Å². The van der Waals surface area contributed by atoms with E-state index in [9.17, 15) is 9.59 Å². The fraction of sp³-hybridized carbons (Fsp3) is 0.448. The first-order valence-electron chi connectivity index (χ1n) is 13.8. The second-order valence-corrected chi connectivity index (χ2v) is 11.0. The Labute approximate surface area is 229 Å². The van der Waals surface area contributed by atoms with Crippen molar-refractivity contribution in [2.45, 2.75) is 25.9 Å². The summed E-state index contributed by atoms with van der Waals surface area (Å²) >= 11 is 0. The van der Waals surface area contributed by atoms with Crippen molar-refractivity contribution in [1.29, 1.82) is 0 Å². The number of benzene rings is 2. The standard InChI is InChI=1S/C29H36N8O2/c1-19(2)34-13-15-35(16-14-34)21-9-7-20(8-10-21)26-25-27(32-31-26)22-5-4-6-23(24(22)28(25)38)37(29(30)39)36-17-11-33(3)12-18-36/h4-10,19,27H,11-18H2,1-3H3,(H2,30,39). The summed E-state index contributed by atoms with van der Waals surface area (Å²) in [5, 5.41) is 12.4. The van der Waals surface area contributed by atoms with E-state index in [0.29, 0.717) is 41.7 Å². The molecule has 10 nitrogen and oxygen atoms in total. The average molecular weight is 529 g/mol. The zero-order valence-corrected chi connectivity index (χ0v) is 22.9. The number of likely N-dealkylation sites (N-methyl/N-ethyl adjacent to an activating group) is 1. The molecule has 204 valence electrons. The Balaban J connectivity index is 1.28. The molecule has 10 heteroatoms. The molecular weight excluding hydrogens is 492 g/mol. The quantitative estimate of drug-likeness (QED) is 0.639. The monoisotopic (exact) mass is 528 g/mol. The van der Waals surface area contributed by atoms with Gasteiger partial charge in [0, 0.05) is 69.7 Å². The second kappa shape index (κ2) is 10.2. The molecule has 3 aliphatic heterocycles. The highest BCUT2D eigenvalue weighted by Gasteiger charge is 2.44. The van der Waals surface area contributed by atoms with Gasteiger partial charge in [0.2, 0.25) is 0 Å². The maximum Gasteiger partial charge on any atom is 0.334 e. The molecule has 6 rings (SSSR count). The molecule has 2 aromatic rings. The van der Waals surface area contributed by atoms with Crippen LogP contribution >= 0.6 is 0 Å². The number of urea groups is 1. The number of hydrazine groups is 1. The number of carbonyl (C=O) groups is 2. The van der Waals surface area contributed by atoms with Crippen LogP contribution in [0.5, 0.6) is 0 Å². The van der Waals surface area contributed by atoms with Crippen molar-refractivity contribution >= 4 is 28.9 Å². The number of amides is 2. The Hall–Kier alpha value is -3.60. The first-order valence-corrected chi connectivity index (χ1v) is 13.8. The molecule has 2 saturated heterocycles. The third-order valence-corrected chi connectivity index (χ3v) is 8.39. The number of hydrogen-bond acceptors (Lipinski definition) is 8. The first-order chi connectivity index (χ1) is 18.8. The molecule has 0 bridgehead atoms. The summed E-state index contributed by atoms with van der Waals surface area (Å²) in [5.74, 6) is -0.139. The summed E-state index contributed by atoms with van der Waals surface area (Å²) < 4.78 is 0. The molecule has 4 aliphatic rings. The number of nitrogens with zero attached hydrogens (tertiary/aromatic N) is 7. The third kappa shape index (κ3) is 4.52. The molecule has 2 N–H and O–H groups in total. The number of Topliss-reactive ketones (excluding diaryl/α,β-unsaturated/α-hetero) is 1. The van der Waals surface area contributed by atoms with E-state index in [1.807, 2.05) is 29.3 Å². The van der Waals surface area contributed by atoms with E-state index in [-0.39, 0.29) is 5.78 Å². The summed E-state index contributed by atoms with van der Waals surface area (Å²) in [6, 6.07) is 13.3. The lowest BCUT2D eigenvalue weighted by Crippen LogP contribution is -2.56. The van der Waals surface area contributed by atoms with Gasteiger partial charge in [0.15, 0.2) is 5.78 Å². The maximum absolute atomic E-state index is 13.9. The van der Waals surface area contributed by atoms with Crippen LogP contribution in [0.2, 0.25) is 0 Å². The normalized spacial score (nSPS) is 22.1. The number of anilines is 2. The van der Waals surface area contributed by atoms with Crippen molar-refractivity contribution in [3.05, 3.63) is 64.7 Å². The number of rotatable bonds is 5. The summed E-state index contributed by atoms with van der Waals surface area (Å²) in [6.07, 6.45) is 0. The number of hydrogen-bond donors (Lipinski definition) is 1. The molecule has 0 saturated carbocycles. The van der Waals surface area contributed by atoms with Gasteiger partial charge in [-0.15, -0.1) is 0 Å². The lowest BCUT2D eigenvalue weighted by atomic mass is 10.0. The van der Waals surface area contributed by atoms with E-state index in [4.69, 9.17) is 5.73 Å². The van der Waals surface area contributed by atoms with Crippen molar-refractivity contribution in [2.24, 2.45) is 16.0 Å². The Morgan fingerprint density at radius 3 is 2.31 bits per heavy atom. The molecule has 39 heavy (non-hydrogen) atoms. The van der Waals surface area contributed by atoms with E-state index in [1.165, 1.54) is 10.7 Å². The van der Waals surface area contributed by atoms with Crippen LogP contribution in [-0.4, -0.2) is 92.1 Å². The van der Waals surface area contributed by atoms with Crippen molar-refractivity contribution in [3.63, 3.8) is 0 Å². The van der Waals surface area contributed by atoms with Crippen LogP contribution in [0.4, 0.5) is 16.2 Å². The number of piperazine rings is 2. The molecule has 0 aromatic heterocycles. The summed E-state index contributed by atoms with van der Waals surface area (Å²) in [6.45, 7) is 11.5. The number of azo groups is 1. The molecule has 0 radical (unpaired) electrons. The van der Waals surface area contributed by atoms with Gasteiger partial charge in [-0.1, -0.05) is 24.3 Å². The Kier molecular flexibility index (Phi) is 6.70. The van der Waals surface area contributed by atoms with E-state index >= 15 is 0 Å². The lowest BCUT2D eigenvalue weighted by Gasteiger charge is -2.39. The Morgan fingerprint density at radius 1 is 0.974 bits per heavy atom. The fourth-order valence-corrected chi connectivity index (χ4v) is 6.10. The predicted molar refractivity (Wildman–Crippen MR) is 152 cm³/mol. The number of primary amides is 1. The van der Waals surface area contributed by atoms with E-state index in [2.05, 4.69) is 58.0 Å². The number of fused-ring (bicyclic) bond motifs is 3. The summed E-state index contributed by atoms with van der Waals surface area (Å²) in [4.78, 5) is 33.7. The van der Waals surface area contributed by atoms with E-state index < -0.39 is 12.1 Å². The van der Waals surface area contributed by atoms with Crippen LogP contribution in [0.3, 0.4) is 0 Å². The topological polar surface area (TPSA) is 101 Å². The molecule has 1 aliphatic carbocycles. The van der Waals surface area contributed by atoms with Gasteiger partial charge in [0.1, 0.15) is 11.7 Å². The molecule has 1 unspecified atom stereocenters. The van der Waals surface area contributed by atoms with Gasteiger partial charge < -0.3 is 15.5 Å². The minimum Gasteiger partial charge on any atom is -0.369 e. The zero-order valence-electron chi connectivity index (χ0n) is 22.9.